The number of nitrogens with zero attached hydrogens (tertiary/aromatic N) is 2. The Kier molecular flexibility index (Phi) is 5.60. The molecule has 0 radical (unpaired) electrons. The van der Waals surface area contributed by atoms with E-state index in [1.807, 2.05) is 0 Å². The van der Waals surface area contributed by atoms with Crippen LogP contribution < -0.4 is 4.74 Å². The van der Waals surface area contributed by atoms with Gasteiger partial charge in [-0.05, 0) is 30.3 Å². The number of benzene rings is 2. The maximum Gasteiger partial charge on any atom is 0.295 e. The van der Waals surface area contributed by atoms with Crippen LogP contribution in [0.15, 0.2) is 54.1 Å². The molecule has 9 heteroatoms. The van der Waals surface area contributed by atoms with Crippen LogP contribution in [0.5, 0.6) is 5.75 Å². The second-order valence-corrected chi connectivity index (χ2v) is 6.26. The van der Waals surface area contributed by atoms with Gasteiger partial charge in [0.1, 0.15) is 11.5 Å². The molecular weight excluding hydrogens is 380 g/mol. The van der Waals surface area contributed by atoms with Crippen LogP contribution in [0.4, 0.5) is 5.69 Å². The number of rotatable bonds is 6. The first-order valence-corrected chi connectivity index (χ1v) is 8.67. The fourth-order valence-electron chi connectivity index (χ4n) is 3.33. The van der Waals surface area contributed by atoms with E-state index in [4.69, 9.17) is 4.74 Å². The second-order valence-electron chi connectivity index (χ2n) is 6.26. The highest BCUT2D eigenvalue weighted by atomic mass is 16.6. The number of likely N-dealkylation sites (tertiary alicyclic amines) is 1. The molecule has 1 heterocycles. The third-order valence-corrected chi connectivity index (χ3v) is 4.67. The number of β-amino-alcohol motifs (C(OH)–C–C–N with tert-alkyl or cyclic N) is 1. The highest BCUT2D eigenvalue weighted by molar-refractivity contribution is 6.46. The molecule has 2 N–H and O–H groups in total. The number of amides is 1. The average Bonchev–Trinajstić information content (AvgIpc) is 2.98. The number of aliphatic hydroxyl groups is 2. The monoisotopic (exact) mass is 398 g/mol. The van der Waals surface area contributed by atoms with E-state index in [0.717, 1.165) is 4.90 Å². The number of carbonyl (C=O) groups is 2. The Bertz CT molecular complexity index is 998. The number of nitro benzene ring substituents is 1. The molecule has 1 fully saturated rings. The van der Waals surface area contributed by atoms with Crippen LogP contribution >= 0.6 is 0 Å². The van der Waals surface area contributed by atoms with Crippen molar-refractivity contribution in [3.63, 3.8) is 0 Å². The van der Waals surface area contributed by atoms with Crippen LogP contribution in [0.2, 0.25) is 0 Å². The molecule has 0 aromatic heterocycles. The van der Waals surface area contributed by atoms with Crippen LogP contribution in [-0.2, 0) is 9.59 Å². The number of methoxy groups -OCH3 is 1. The van der Waals surface area contributed by atoms with Gasteiger partial charge in [-0.25, -0.2) is 0 Å². The van der Waals surface area contributed by atoms with Gasteiger partial charge in [0.25, 0.3) is 17.4 Å². The van der Waals surface area contributed by atoms with Crippen LogP contribution in [0.3, 0.4) is 0 Å². The quantitative estimate of drug-likeness (QED) is 0.250. The van der Waals surface area contributed by atoms with E-state index in [9.17, 15) is 29.9 Å². The minimum absolute atomic E-state index is 0.0696. The smallest absolute Gasteiger partial charge is 0.295 e. The van der Waals surface area contributed by atoms with Gasteiger partial charge >= 0.3 is 0 Å². The van der Waals surface area contributed by atoms with Gasteiger partial charge in [0.2, 0.25) is 0 Å². The summed E-state index contributed by atoms with van der Waals surface area (Å²) in [7, 11) is 1.48. The summed E-state index contributed by atoms with van der Waals surface area (Å²) in [5.74, 6) is -1.86. The number of Topliss-reactive ketones (excluding diaryl/α,β-unsaturated/α-hetero) is 1. The van der Waals surface area contributed by atoms with Crippen molar-refractivity contribution in [2.24, 2.45) is 0 Å². The molecule has 1 aliphatic heterocycles. The summed E-state index contributed by atoms with van der Waals surface area (Å²) < 4.78 is 5.06. The van der Waals surface area contributed by atoms with Crippen molar-refractivity contribution in [1.29, 1.82) is 0 Å². The van der Waals surface area contributed by atoms with Crippen LogP contribution in [0.1, 0.15) is 17.2 Å². The number of nitro groups is 1. The minimum atomic E-state index is -1.20. The highest BCUT2D eigenvalue weighted by Gasteiger charge is 2.47. The van der Waals surface area contributed by atoms with Crippen molar-refractivity contribution in [2.75, 3.05) is 20.3 Å². The summed E-state index contributed by atoms with van der Waals surface area (Å²) in [6.07, 6.45) is 0. The minimum Gasteiger partial charge on any atom is -0.507 e. The van der Waals surface area contributed by atoms with Gasteiger partial charge in [0, 0.05) is 18.2 Å². The molecule has 0 unspecified atom stereocenters. The Hall–Kier alpha value is -3.72. The number of ketones is 1. The molecule has 9 nitrogen and oxygen atoms in total. The standard InChI is InChI=1S/C20H18N2O7/c1-29-13-8-6-12(7-9-13)18(24)16-17(21(10-11-23)20(26)19(16)25)14-4-2-3-5-15(14)22(27)28/h2-9,17,23-24H,10-11H2,1H3/t17-/m0/s1. The summed E-state index contributed by atoms with van der Waals surface area (Å²) in [5, 5.41) is 31.7. The lowest BCUT2D eigenvalue weighted by Crippen LogP contribution is -2.32. The zero-order valence-corrected chi connectivity index (χ0v) is 15.4. The molecule has 0 spiro atoms. The van der Waals surface area contributed by atoms with Gasteiger partial charge in [-0.15, -0.1) is 0 Å². The topological polar surface area (TPSA) is 130 Å². The lowest BCUT2D eigenvalue weighted by atomic mass is 9.94. The normalized spacial score (nSPS) is 18.1. The molecule has 1 aliphatic rings. The molecule has 1 amide bonds. The van der Waals surface area contributed by atoms with E-state index in [0.29, 0.717) is 5.75 Å². The highest BCUT2D eigenvalue weighted by Crippen LogP contribution is 2.42. The first kappa shape index (κ1) is 20.0. The molecular formula is C20H18N2O7. The Morgan fingerprint density at radius 3 is 2.41 bits per heavy atom. The number of hydrogen-bond donors (Lipinski definition) is 2. The number of hydrogen-bond acceptors (Lipinski definition) is 7. The zero-order chi connectivity index (χ0) is 21.1. The van der Waals surface area contributed by atoms with E-state index >= 15 is 0 Å². The Morgan fingerprint density at radius 2 is 1.83 bits per heavy atom. The summed E-state index contributed by atoms with van der Waals surface area (Å²) in [6, 6.07) is 10.6. The van der Waals surface area contributed by atoms with Crippen molar-refractivity contribution >= 4 is 23.1 Å². The largest absolute Gasteiger partial charge is 0.507 e. The number of ether oxygens (including phenoxy) is 1. The second kappa shape index (κ2) is 8.11. The van der Waals surface area contributed by atoms with Crippen LogP contribution in [0, 0.1) is 10.1 Å². The summed E-state index contributed by atoms with van der Waals surface area (Å²) in [4.78, 5) is 37.1. The van der Waals surface area contributed by atoms with Gasteiger partial charge in [-0.1, -0.05) is 12.1 Å². The molecule has 2 aromatic rings. The SMILES string of the molecule is COc1ccc(C(O)=C2C(=O)C(=O)N(CCO)[C@H]2c2ccccc2[N+](=O)[O-])cc1. The summed E-state index contributed by atoms with van der Waals surface area (Å²) in [5.41, 5.74) is -0.262. The summed E-state index contributed by atoms with van der Waals surface area (Å²) >= 11 is 0. The first-order chi connectivity index (χ1) is 13.9. The predicted molar refractivity (Wildman–Crippen MR) is 102 cm³/mol. The van der Waals surface area contributed by atoms with E-state index < -0.39 is 35.0 Å². The Labute approximate surface area is 165 Å². The van der Waals surface area contributed by atoms with Crippen molar-refractivity contribution in [2.45, 2.75) is 6.04 Å². The van der Waals surface area contributed by atoms with E-state index in [1.54, 1.807) is 12.1 Å². The van der Waals surface area contributed by atoms with Gasteiger partial charge in [-0.2, -0.15) is 0 Å². The molecule has 1 atom stereocenters. The Morgan fingerprint density at radius 1 is 1.17 bits per heavy atom. The first-order valence-electron chi connectivity index (χ1n) is 8.67. The molecule has 1 saturated heterocycles. The number of carbonyl (C=O) groups excluding carboxylic acids is 2. The fourth-order valence-corrected chi connectivity index (χ4v) is 3.33. The average molecular weight is 398 g/mol. The van der Waals surface area contributed by atoms with E-state index in [1.165, 1.54) is 43.5 Å². The van der Waals surface area contributed by atoms with E-state index in [2.05, 4.69) is 0 Å². The third kappa shape index (κ3) is 3.55. The van der Waals surface area contributed by atoms with Crippen molar-refractivity contribution in [3.05, 3.63) is 75.3 Å². The predicted octanol–water partition coefficient (Wildman–Crippen LogP) is 2.02. The molecule has 0 saturated carbocycles. The van der Waals surface area contributed by atoms with Gasteiger partial charge in [0.05, 0.1) is 35.8 Å². The zero-order valence-electron chi connectivity index (χ0n) is 15.4. The lowest BCUT2D eigenvalue weighted by molar-refractivity contribution is -0.385. The molecule has 0 bridgehead atoms. The maximum absolute atomic E-state index is 12.7. The van der Waals surface area contributed by atoms with E-state index in [-0.39, 0.29) is 28.9 Å². The van der Waals surface area contributed by atoms with Crippen LogP contribution in [-0.4, -0.2) is 52.0 Å². The fraction of sp³-hybridized carbons (Fsp3) is 0.200. The van der Waals surface area contributed by atoms with Gasteiger partial charge in [0.15, 0.2) is 0 Å². The molecule has 150 valence electrons. The van der Waals surface area contributed by atoms with Gasteiger partial charge in [-0.3, -0.25) is 19.7 Å². The summed E-state index contributed by atoms with van der Waals surface area (Å²) in [6.45, 7) is -0.673. The lowest BCUT2D eigenvalue weighted by Gasteiger charge is -2.24. The molecule has 2 aromatic carbocycles. The van der Waals surface area contributed by atoms with Gasteiger partial charge < -0.3 is 19.8 Å². The molecule has 0 aliphatic carbocycles. The van der Waals surface area contributed by atoms with Crippen molar-refractivity contribution in [1.82, 2.24) is 4.90 Å². The van der Waals surface area contributed by atoms with Crippen molar-refractivity contribution in [3.8, 4) is 5.75 Å². The Balaban J connectivity index is 2.23. The number of aliphatic hydroxyl groups excluding tert-OH is 2. The maximum atomic E-state index is 12.7. The third-order valence-electron chi connectivity index (χ3n) is 4.67. The van der Waals surface area contributed by atoms with Crippen LogP contribution in [0.25, 0.3) is 5.76 Å². The molecule has 3 rings (SSSR count). The molecule has 29 heavy (non-hydrogen) atoms. The number of para-hydroxylation sites is 1. The van der Waals surface area contributed by atoms with Crippen molar-refractivity contribution < 1.29 is 29.5 Å².